The Bertz CT molecular complexity index is 811. The number of benzene rings is 2. The lowest BCUT2D eigenvalue weighted by atomic mass is 9.76. The van der Waals surface area contributed by atoms with Crippen molar-refractivity contribution >= 4 is 28.9 Å². The molecule has 2 aromatic carbocycles. The van der Waals surface area contributed by atoms with Crippen molar-refractivity contribution in [1.29, 1.82) is 0 Å². The van der Waals surface area contributed by atoms with Gasteiger partial charge >= 0.3 is 0 Å². The summed E-state index contributed by atoms with van der Waals surface area (Å²) < 4.78 is 5.39. The van der Waals surface area contributed by atoms with Crippen LogP contribution < -0.4 is 20.9 Å². The maximum absolute atomic E-state index is 12.1. The Kier molecular flexibility index (Phi) is 4.62. The van der Waals surface area contributed by atoms with Gasteiger partial charge in [-0.15, -0.1) is 0 Å². The summed E-state index contributed by atoms with van der Waals surface area (Å²) in [5.74, 6) is 5.91. The van der Waals surface area contributed by atoms with Gasteiger partial charge in [0.05, 0.1) is 7.11 Å². The molecule has 0 fully saturated rings. The molecule has 3 N–H and O–H groups in total. The minimum atomic E-state index is -0.421. The number of rotatable bonds is 4. The third-order valence-electron chi connectivity index (χ3n) is 5.16. The van der Waals surface area contributed by atoms with Crippen LogP contribution in [-0.2, 0) is 10.2 Å². The number of nitrogens with two attached hydrogens (primary N) is 1. The number of fused-ring (bicyclic) bond motifs is 1. The molecule has 1 heterocycles. The largest absolute Gasteiger partial charge is 0.497 e. The molecular weight excluding hydrogens is 338 g/mol. The first kappa shape index (κ1) is 17.6. The van der Waals surface area contributed by atoms with Crippen LogP contribution in [0.4, 0.5) is 11.4 Å². The van der Waals surface area contributed by atoms with Crippen molar-refractivity contribution in [3.63, 3.8) is 0 Å². The Hall–Kier alpha value is -2.24. The molecule has 6 heteroatoms. The van der Waals surface area contributed by atoms with Crippen LogP contribution in [0.15, 0.2) is 42.5 Å². The van der Waals surface area contributed by atoms with E-state index in [0.717, 1.165) is 22.7 Å². The lowest BCUT2D eigenvalue weighted by molar-refractivity contribution is -0.122. The van der Waals surface area contributed by atoms with Crippen LogP contribution in [0.3, 0.4) is 0 Å². The molecule has 1 aliphatic heterocycles. The maximum atomic E-state index is 12.1. The Morgan fingerprint density at radius 2 is 2.12 bits per heavy atom. The predicted molar refractivity (Wildman–Crippen MR) is 100 cm³/mol. The van der Waals surface area contributed by atoms with Crippen molar-refractivity contribution in [3.8, 4) is 5.75 Å². The third-order valence-corrected chi connectivity index (χ3v) is 5.40. The van der Waals surface area contributed by atoms with E-state index in [1.54, 1.807) is 7.11 Å². The molecule has 25 heavy (non-hydrogen) atoms. The normalized spacial score (nSPS) is 21.8. The third kappa shape index (κ3) is 2.94. The molecule has 0 aromatic heterocycles. The topological polar surface area (TPSA) is 67.6 Å². The number of hydrogen-bond donors (Lipinski definition) is 2. The number of carbonyl (C=O) groups is 1. The van der Waals surface area contributed by atoms with E-state index in [2.05, 4.69) is 24.2 Å². The molecule has 132 valence electrons. The first-order valence-corrected chi connectivity index (χ1v) is 8.51. The van der Waals surface area contributed by atoms with Crippen molar-refractivity contribution in [2.75, 3.05) is 12.0 Å². The molecule has 2 atom stereocenters. The Morgan fingerprint density at radius 3 is 2.76 bits per heavy atom. The number of amides is 1. The molecule has 3 rings (SSSR count). The number of nitrogens with zero attached hydrogens (tertiary/aromatic N) is 1. The zero-order chi connectivity index (χ0) is 18.2. The molecule has 0 saturated heterocycles. The number of ether oxygens (including phenoxy) is 1. The van der Waals surface area contributed by atoms with Gasteiger partial charge in [0.2, 0.25) is 5.91 Å². The van der Waals surface area contributed by atoms with Crippen LogP contribution in [0.2, 0.25) is 5.02 Å². The van der Waals surface area contributed by atoms with Crippen LogP contribution in [0, 0.1) is 0 Å². The van der Waals surface area contributed by atoms with Crippen molar-refractivity contribution in [2.24, 2.45) is 5.84 Å². The van der Waals surface area contributed by atoms with Crippen LogP contribution in [0.5, 0.6) is 5.75 Å². The second-order valence-corrected chi connectivity index (χ2v) is 7.01. The molecule has 0 spiro atoms. The van der Waals surface area contributed by atoms with E-state index in [9.17, 15) is 4.79 Å². The van der Waals surface area contributed by atoms with Crippen LogP contribution in [0.25, 0.3) is 0 Å². The fraction of sp³-hybridized carbons (Fsp3) is 0.316. The highest BCUT2D eigenvalue weighted by Gasteiger charge is 2.47. The van der Waals surface area contributed by atoms with E-state index in [4.69, 9.17) is 22.2 Å². The van der Waals surface area contributed by atoms with E-state index in [0.29, 0.717) is 5.02 Å². The van der Waals surface area contributed by atoms with Crippen molar-refractivity contribution in [1.82, 2.24) is 5.43 Å². The van der Waals surface area contributed by atoms with Gasteiger partial charge in [0, 0.05) is 34.3 Å². The zero-order valence-electron chi connectivity index (χ0n) is 14.5. The highest BCUT2D eigenvalue weighted by molar-refractivity contribution is 6.30. The fourth-order valence-electron chi connectivity index (χ4n) is 3.64. The van der Waals surface area contributed by atoms with Gasteiger partial charge in [-0.05, 0) is 48.9 Å². The lowest BCUT2D eigenvalue weighted by Crippen LogP contribution is -2.43. The van der Waals surface area contributed by atoms with Gasteiger partial charge in [-0.1, -0.05) is 24.6 Å². The minimum Gasteiger partial charge on any atom is -0.497 e. The summed E-state index contributed by atoms with van der Waals surface area (Å²) >= 11 is 6.20. The number of methoxy groups -OCH3 is 1. The molecular formula is C19H22ClN3O2. The summed E-state index contributed by atoms with van der Waals surface area (Å²) in [4.78, 5) is 14.3. The molecule has 2 unspecified atom stereocenters. The maximum Gasteiger partial charge on any atom is 0.234 e. The van der Waals surface area contributed by atoms with Crippen LogP contribution in [0.1, 0.15) is 25.8 Å². The molecule has 1 amide bonds. The highest BCUT2D eigenvalue weighted by atomic mass is 35.5. The quantitative estimate of drug-likeness (QED) is 0.498. The first-order chi connectivity index (χ1) is 11.9. The summed E-state index contributed by atoms with van der Waals surface area (Å²) in [6.45, 7) is 4.19. The minimum absolute atomic E-state index is 0.0328. The van der Waals surface area contributed by atoms with Gasteiger partial charge in [-0.25, -0.2) is 5.84 Å². The van der Waals surface area contributed by atoms with Gasteiger partial charge in [-0.3, -0.25) is 10.2 Å². The SMILES string of the molecule is COc1ccc2c(c1)C(C)(CC(=O)NN)C(C)N2c1cccc(Cl)c1. The van der Waals surface area contributed by atoms with E-state index >= 15 is 0 Å². The van der Waals surface area contributed by atoms with Gasteiger partial charge in [-0.2, -0.15) is 0 Å². The van der Waals surface area contributed by atoms with Gasteiger partial charge < -0.3 is 9.64 Å². The second-order valence-electron chi connectivity index (χ2n) is 6.57. The zero-order valence-corrected chi connectivity index (χ0v) is 15.3. The smallest absolute Gasteiger partial charge is 0.234 e. The predicted octanol–water partition coefficient (Wildman–Crippen LogP) is 3.53. The van der Waals surface area contributed by atoms with E-state index in [-0.39, 0.29) is 18.4 Å². The van der Waals surface area contributed by atoms with E-state index < -0.39 is 5.41 Å². The molecule has 1 aliphatic rings. The number of hydrazine groups is 1. The molecule has 2 aromatic rings. The lowest BCUT2D eigenvalue weighted by Gasteiger charge is -2.34. The van der Waals surface area contributed by atoms with Gasteiger partial charge in [0.25, 0.3) is 0 Å². The summed E-state index contributed by atoms with van der Waals surface area (Å²) in [7, 11) is 1.64. The summed E-state index contributed by atoms with van der Waals surface area (Å²) in [6.07, 6.45) is 0.280. The number of anilines is 2. The molecule has 0 radical (unpaired) electrons. The van der Waals surface area contributed by atoms with E-state index in [1.165, 1.54) is 0 Å². The second kappa shape index (κ2) is 6.58. The average Bonchev–Trinajstić information content (AvgIpc) is 2.82. The molecule has 5 nitrogen and oxygen atoms in total. The molecule has 0 aliphatic carbocycles. The summed E-state index contributed by atoms with van der Waals surface area (Å²) in [6, 6.07) is 13.7. The van der Waals surface area contributed by atoms with Crippen molar-refractivity contribution < 1.29 is 9.53 Å². The summed E-state index contributed by atoms with van der Waals surface area (Å²) in [5, 5.41) is 0.674. The average molecular weight is 360 g/mol. The number of nitrogens with one attached hydrogen (secondary N) is 1. The van der Waals surface area contributed by atoms with E-state index in [1.807, 2.05) is 42.5 Å². The number of hydrogen-bond acceptors (Lipinski definition) is 4. The fourth-order valence-corrected chi connectivity index (χ4v) is 3.83. The molecule has 0 saturated carbocycles. The van der Waals surface area contributed by atoms with Crippen molar-refractivity contribution in [3.05, 3.63) is 53.1 Å². The standard InChI is InChI=1S/C19H22ClN3O2/c1-12-19(2,11-18(24)22-21)16-10-15(25-3)7-8-17(16)23(12)14-6-4-5-13(20)9-14/h4-10,12H,11,21H2,1-3H3,(H,22,24). The van der Waals surface area contributed by atoms with Crippen molar-refractivity contribution in [2.45, 2.75) is 31.7 Å². The Labute approximate surface area is 152 Å². The first-order valence-electron chi connectivity index (χ1n) is 8.13. The highest BCUT2D eigenvalue weighted by Crippen LogP contribution is 2.51. The van der Waals surface area contributed by atoms with Crippen LogP contribution in [-0.4, -0.2) is 19.1 Å². The molecule has 0 bridgehead atoms. The monoisotopic (exact) mass is 359 g/mol. The number of carbonyl (C=O) groups excluding carboxylic acids is 1. The Morgan fingerprint density at radius 1 is 1.36 bits per heavy atom. The van der Waals surface area contributed by atoms with Gasteiger partial charge in [0.1, 0.15) is 5.75 Å². The number of halogens is 1. The van der Waals surface area contributed by atoms with Gasteiger partial charge in [0.15, 0.2) is 0 Å². The Balaban J connectivity index is 2.16. The van der Waals surface area contributed by atoms with Crippen LogP contribution >= 0.6 is 11.6 Å². The summed E-state index contributed by atoms with van der Waals surface area (Å²) in [5.41, 5.74) is 4.92.